The summed E-state index contributed by atoms with van der Waals surface area (Å²) in [6.45, 7) is -0.295. The van der Waals surface area contributed by atoms with Crippen molar-refractivity contribution >= 4 is 17.7 Å². The molecule has 0 spiro atoms. The lowest BCUT2D eigenvalue weighted by atomic mass is 10.0. The number of amides is 3. The third-order valence-corrected chi connectivity index (χ3v) is 4.99. The molecule has 2 unspecified atom stereocenters. The van der Waals surface area contributed by atoms with Gasteiger partial charge in [0.2, 0.25) is 11.8 Å². The number of nitrogens with two attached hydrogens (primary N) is 1. The van der Waals surface area contributed by atoms with Crippen LogP contribution in [0, 0.1) is 0 Å². The first-order chi connectivity index (χ1) is 13.3. The van der Waals surface area contributed by atoms with Crippen molar-refractivity contribution in [1.82, 2.24) is 14.7 Å². The van der Waals surface area contributed by atoms with E-state index in [0.717, 1.165) is 0 Å². The molecular formula is C18H22F2N4O4. The van der Waals surface area contributed by atoms with Gasteiger partial charge in [-0.05, 0) is 31.2 Å². The minimum Gasteiger partial charge on any atom is -0.435 e. The molecule has 0 bridgehead atoms. The molecule has 2 fully saturated rings. The maximum absolute atomic E-state index is 13.0. The Morgan fingerprint density at radius 1 is 1.29 bits per heavy atom. The summed E-state index contributed by atoms with van der Waals surface area (Å²) in [5.41, 5.74) is 5.86. The molecule has 3 amide bonds. The van der Waals surface area contributed by atoms with Gasteiger partial charge in [-0.1, -0.05) is 0 Å². The first-order valence-electron chi connectivity index (χ1n) is 8.99. The van der Waals surface area contributed by atoms with Crippen LogP contribution in [0.15, 0.2) is 24.3 Å². The molecule has 2 heterocycles. The monoisotopic (exact) mass is 396 g/mol. The van der Waals surface area contributed by atoms with Gasteiger partial charge < -0.3 is 25.2 Å². The van der Waals surface area contributed by atoms with E-state index in [-0.39, 0.29) is 55.1 Å². The number of fused-ring (bicyclic) bond motifs is 1. The van der Waals surface area contributed by atoms with E-state index >= 15 is 0 Å². The average Bonchev–Trinajstić information content (AvgIpc) is 2.65. The molecule has 2 N–H and O–H groups in total. The van der Waals surface area contributed by atoms with Gasteiger partial charge in [-0.2, -0.15) is 8.78 Å². The fourth-order valence-electron chi connectivity index (χ4n) is 3.68. The minimum absolute atomic E-state index is 0.0481. The van der Waals surface area contributed by atoms with Crippen molar-refractivity contribution in [3.63, 3.8) is 0 Å². The highest BCUT2D eigenvalue weighted by Crippen LogP contribution is 2.27. The fourth-order valence-corrected chi connectivity index (χ4v) is 3.68. The summed E-state index contributed by atoms with van der Waals surface area (Å²) in [5.74, 6) is -0.769. The zero-order valence-electron chi connectivity index (χ0n) is 15.4. The number of benzene rings is 1. The standard InChI is InChI=1S/C18H22F2N4O4/c1-11-16(26)22(9-7-21)10-14-23(8-6-15(25)24(11)14)17(27)12-2-4-13(5-3-12)28-18(19)20/h2-5,11,14,18H,6-10,21H2,1H3. The Labute approximate surface area is 160 Å². The Bertz CT molecular complexity index is 758. The second-order valence-electron chi connectivity index (χ2n) is 6.68. The first kappa shape index (κ1) is 20.0. The lowest BCUT2D eigenvalue weighted by molar-refractivity contribution is -0.165. The smallest absolute Gasteiger partial charge is 0.387 e. The second kappa shape index (κ2) is 8.09. The topological polar surface area (TPSA) is 96.2 Å². The van der Waals surface area contributed by atoms with Crippen molar-refractivity contribution in [1.29, 1.82) is 0 Å². The Kier molecular flexibility index (Phi) is 5.78. The number of nitrogens with zero attached hydrogens (tertiary/aromatic N) is 3. The second-order valence-corrected chi connectivity index (χ2v) is 6.68. The van der Waals surface area contributed by atoms with Crippen molar-refractivity contribution in [2.75, 3.05) is 26.2 Å². The molecule has 2 atom stereocenters. The maximum Gasteiger partial charge on any atom is 0.387 e. The predicted molar refractivity (Wildman–Crippen MR) is 94.5 cm³/mol. The van der Waals surface area contributed by atoms with Crippen LogP contribution in [0.4, 0.5) is 8.78 Å². The van der Waals surface area contributed by atoms with Crippen LogP contribution < -0.4 is 10.5 Å². The number of piperazine rings is 1. The molecule has 3 rings (SSSR count). The summed E-state index contributed by atoms with van der Waals surface area (Å²) in [6.07, 6.45) is -0.478. The molecule has 28 heavy (non-hydrogen) atoms. The van der Waals surface area contributed by atoms with Crippen molar-refractivity contribution in [2.24, 2.45) is 5.73 Å². The van der Waals surface area contributed by atoms with Crippen molar-refractivity contribution in [3.8, 4) is 5.75 Å². The van der Waals surface area contributed by atoms with Gasteiger partial charge in [-0.15, -0.1) is 0 Å². The zero-order chi connectivity index (χ0) is 20.4. The van der Waals surface area contributed by atoms with Gasteiger partial charge in [-0.25, -0.2) is 0 Å². The third kappa shape index (κ3) is 3.77. The molecule has 0 saturated carbocycles. The number of carbonyl (C=O) groups excluding carboxylic acids is 3. The van der Waals surface area contributed by atoms with E-state index in [4.69, 9.17) is 5.73 Å². The van der Waals surface area contributed by atoms with Crippen molar-refractivity contribution in [3.05, 3.63) is 29.8 Å². The Balaban J connectivity index is 1.83. The van der Waals surface area contributed by atoms with Gasteiger partial charge in [0.05, 0.1) is 6.54 Å². The Hall–Kier alpha value is -2.75. The molecule has 0 radical (unpaired) electrons. The number of hydrogen-bond acceptors (Lipinski definition) is 5. The molecule has 1 aromatic carbocycles. The van der Waals surface area contributed by atoms with Crippen LogP contribution in [-0.4, -0.2) is 77.4 Å². The largest absolute Gasteiger partial charge is 0.435 e. The minimum atomic E-state index is -2.95. The highest BCUT2D eigenvalue weighted by atomic mass is 19.3. The van der Waals surface area contributed by atoms with Crippen molar-refractivity contribution < 1.29 is 27.9 Å². The summed E-state index contributed by atoms with van der Waals surface area (Å²) in [6, 6.07) is 4.70. The predicted octanol–water partition coefficient (Wildman–Crippen LogP) is 0.478. The number of hydrogen-bond donors (Lipinski definition) is 1. The van der Waals surface area contributed by atoms with Gasteiger partial charge in [0.15, 0.2) is 0 Å². The number of ether oxygens (including phenoxy) is 1. The van der Waals surface area contributed by atoms with Gasteiger partial charge in [0, 0.05) is 31.6 Å². The molecule has 10 heteroatoms. The molecule has 152 valence electrons. The number of alkyl halides is 2. The van der Waals surface area contributed by atoms with E-state index in [9.17, 15) is 23.2 Å². The van der Waals surface area contributed by atoms with Crippen molar-refractivity contribution in [2.45, 2.75) is 32.2 Å². The number of halogens is 2. The van der Waals surface area contributed by atoms with E-state index in [1.807, 2.05) is 0 Å². The highest BCUT2D eigenvalue weighted by Gasteiger charge is 2.46. The number of carbonyl (C=O) groups is 3. The molecule has 1 aromatic rings. The third-order valence-electron chi connectivity index (χ3n) is 4.99. The molecule has 2 aliphatic rings. The lowest BCUT2D eigenvalue weighted by Crippen LogP contribution is -2.70. The molecule has 0 aliphatic carbocycles. The summed E-state index contributed by atoms with van der Waals surface area (Å²) >= 11 is 0. The average molecular weight is 396 g/mol. The summed E-state index contributed by atoms with van der Waals surface area (Å²) in [5, 5.41) is 0. The summed E-state index contributed by atoms with van der Waals surface area (Å²) in [7, 11) is 0. The van der Waals surface area contributed by atoms with Gasteiger partial charge >= 0.3 is 6.61 Å². The molecular weight excluding hydrogens is 374 g/mol. The molecule has 2 aliphatic heterocycles. The van der Waals surface area contributed by atoms with E-state index in [1.54, 1.807) is 11.8 Å². The van der Waals surface area contributed by atoms with Gasteiger partial charge in [0.1, 0.15) is 18.0 Å². The lowest BCUT2D eigenvalue weighted by Gasteiger charge is -2.51. The van der Waals surface area contributed by atoms with Crippen LogP contribution in [0.1, 0.15) is 23.7 Å². The molecule has 8 nitrogen and oxygen atoms in total. The SMILES string of the molecule is CC1C(=O)N(CCN)CC2N(C(=O)c3ccc(OC(F)F)cc3)CCC(=O)N12. The van der Waals surface area contributed by atoms with Gasteiger partial charge in [-0.3, -0.25) is 14.4 Å². The molecule has 0 aromatic heterocycles. The van der Waals surface area contributed by atoms with E-state index < -0.39 is 18.8 Å². The Morgan fingerprint density at radius 3 is 2.57 bits per heavy atom. The van der Waals surface area contributed by atoms with Crippen LogP contribution >= 0.6 is 0 Å². The Morgan fingerprint density at radius 2 is 1.96 bits per heavy atom. The van der Waals surface area contributed by atoms with Crippen LogP contribution in [0.5, 0.6) is 5.75 Å². The maximum atomic E-state index is 13.0. The quantitative estimate of drug-likeness (QED) is 0.781. The van der Waals surface area contributed by atoms with E-state index in [1.165, 1.54) is 34.1 Å². The summed E-state index contributed by atoms with van der Waals surface area (Å²) < 4.78 is 28.9. The van der Waals surface area contributed by atoms with Crippen LogP contribution in [0.3, 0.4) is 0 Å². The zero-order valence-corrected chi connectivity index (χ0v) is 15.4. The van der Waals surface area contributed by atoms with Gasteiger partial charge in [0.25, 0.3) is 5.91 Å². The van der Waals surface area contributed by atoms with Crippen LogP contribution in [0.2, 0.25) is 0 Å². The van der Waals surface area contributed by atoms with E-state index in [2.05, 4.69) is 4.74 Å². The number of rotatable bonds is 5. The van der Waals surface area contributed by atoms with Crippen LogP contribution in [0.25, 0.3) is 0 Å². The van der Waals surface area contributed by atoms with Crippen LogP contribution in [-0.2, 0) is 9.59 Å². The fraction of sp³-hybridized carbons (Fsp3) is 0.500. The summed E-state index contributed by atoms with van der Waals surface area (Å²) in [4.78, 5) is 42.5. The first-order valence-corrected chi connectivity index (χ1v) is 8.99. The normalized spacial score (nSPS) is 22.5. The van der Waals surface area contributed by atoms with E-state index in [0.29, 0.717) is 6.54 Å². The molecule has 2 saturated heterocycles. The highest BCUT2D eigenvalue weighted by molar-refractivity contribution is 5.97.